The van der Waals surface area contributed by atoms with Crippen LogP contribution >= 0.6 is 11.3 Å². The summed E-state index contributed by atoms with van der Waals surface area (Å²) in [6.45, 7) is 3.81. The number of nitrogens with zero attached hydrogens (tertiary/aromatic N) is 1. The number of thiophene rings is 1. The Balaban J connectivity index is 2.21. The van der Waals surface area contributed by atoms with Gasteiger partial charge in [-0.3, -0.25) is 4.79 Å². The second-order valence-corrected chi connectivity index (χ2v) is 6.04. The Hall–Kier alpha value is -1.38. The van der Waals surface area contributed by atoms with E-state index in [1.54, 1.807) is 0 Å². The molecule has 1 unspecified atom stereocenters. The molecule has 1 aliphatic carbocycles. The van der Waals surface area contributed by atoms with Crippen molar-refractivity contribution in [2.24, 2.45) is 11.7 Å². The Morgan fingerprint density at radius 3 is 2.83 bits per heavy atom. The average Bonchev–Trinajstić information content (AvgIpc) is 2.87. The number of nitrogens with one attached hydrogen (secondary N) is 1. The molecule has 1 aliphatic rings. The maximum absolute atomic E-state index is 11.9. The second-order valence-electron chi connectivity index (χ2n) is 4.93. The molecule has 0 radical (unpaired) electrons. The van der Waals surface area contributed by atoms with Crippen molar-refractivity contribution < 1.29 is 4.79 Å². The monoisotopic (exact) mass is 263 g/mol. The van der Waals surface area contributed by atoms with Crippen LogP contribution in [0.15, 0.2) is 0 Å². The molecular formula is C13H17N3OS. The molecule has 0 fully saturated rings. The summed E-state index contributed by atoms with van der Waals surface area (Å²) in [5.74, 6) is -0.122. The third kappa shape index (κ3) is 2.26. The molecular weight excluding hydrogens is 246 g/mol. The van der Waals surface area contributed by atoms with Crippen LogP contribution in [-0.4, -0.2) is 11.9 Å². The first kappa shape index (κ1) is 13.1. The minimum Gasteiger partial charge on any atom is -0.320 e. The largest absolute Gasteiger partial charge is 0.320 e. The molecule has 0 saturated heterocycles. The average molecular weight is 263 g/mol. The van der Waals surface area contributed by atoms with Crippen molar-refractivity contribution in [1.29, 1.82) is 5.26 Å². The van der Waals surface area contributed by atoms with Crippen LogP contribution in [0, 0.1) is 17.2 Å². The van der Waals surface area contributed by atoms with Crippen LogP contribution in [0.25, 0.3) is 0 Å². The highest BCUT2D eigenvalue weighted by atomic mass is 32.1. The van der Waals surface area contributed by atoms with Gasteiger partial charge in [-0.2, -0.15) is 5.26 Å². The fourth-order valence-corrected chi connectivity index (χ4v) is 3.35. The number of aryl methyl sites for hydroxylation is 1. The predicted molar refractivity (Wildman–Crippen MR) is 72.5 cm³/mol. The molecule has 0 spiro atoms. The Kier molecular flexibility index (Phi) is 3.69. The maximum atomic E-state index is 11.9. The number of carbonyl (C=O) groups is 1. The summed E-state index contributed by atoms with van der Waals surface area (Å²) >= 11 is 1.52. The summed E-state index contributed by atoms with van der Waals surface area (Å²) in [7, 11) is 0. The minimum atomic E-state index is -0.534. The lowest BCUT2D eigenvalue weighted by Gasteiger charge is -2.14. The van der Waals surface area contributed by atoms with Crippen molar-refractivity contribution in [2.75, 3.05) is 5.32 Å². The molecule has 5 heteroatoms. The zero-order chi connectivity index (χ0) is 13.3. The molecule has 0 aromatic carbocycles. The van der Waals surface area contributed by atoms with Crippen LogP contribution in [-0.2, 0) is 17.6 Å². The van der Waals surface area contributed by atoms with E-state index in [-0.39, 0.29) is 11.8 Å². The van der Waals surface area contributed by atoms with Crippen LogP contribution in [0.5, 0.6) is 0 Å². The number of hydrogen-bond acceptors (Lipinski definition) is 4. The normalized spacial score (nSPS) is 15.3. The van der Waals surface area contributed by atoms with Crippen LogP contribution in [0.2, 0.25) is 0 Å². The molecule has 1 heterocycles. The van der Waals surface area contributed by atoms with Crippen LogP contribution < -0.4 is 11.1 Å². The van der Waals surface area contributed by atoms with Crippen molar-refractivity contribution in [1.82, 2.24) is 0 Å². The lowest BCUT2D eigenvalue weighted by molar-refractivity contribution is -0.118. The Bertz CT molecular complexity index is 513. The van der Waals surface area contributed by atoms with Crippen molar-refractivity contribution in [3.63, 3.8) is 0 Å². The van der Waals surface area contributed by atoms with E-state index < -0.39 is 6.04 Å². The van der Waals surface area contributed by atoms with Gasteiger partial charge in [0.05, 0.1) is 11.6 Å². The minimum absolute atomic E-state index is 0.0855. The Morgan fingerprint density at radius 2 is 2.22 bits per heavy atom. The third-order valence-electron chi connectivity index (χ3n) is 3.29. The van der Waals surface area contributed by atoms with E-state index in [9.17, 15) is 10.1 Å². The SMILES string of the molecule is CC(C)C(N)C(=O)Nc1sc2c(c1C#N)CCC2. The molecule has 2 rings (SSSR count). The summed E-state index contributed by atoms with van der Waals surface area (Å²) in [4.78, 5) is 13.1. The van der Waals surface area contributed by atoms with E-state index in [4.69, 9.17) is 5.73 Å². The Labute approximate surface area is 111 Å². The molecule has 3 N–H and O–H groups in total. The van der Waals surface area contributed by atoms with E-state index in [1.807, 2.05) is 13.8 Å². The molecule has 0 aliphatic heterocycles. The molecule has 0 bridgehead atoms. The van der Waals surface area contributed by atoms with Gasteiger partial charge in [0, 0.05) is 4.88 Å². The molecule has 1 amide bonds. The van der Waals surface area contributed by atoms with Gasteiger partial charge in [-0.05, 0) is 30.7 Å². The van der Waals surface area contributed by atoms with Gasteiger partial charge in [0.25, 0.3) is 0 Å². The van der Waals surface area contributed by atoms with Gasteiger partial charge in [0.1, 0.15) is 11.1 Å². The number of nitriles is 1. The smallest absolute Gasteiger partial charge is 0.242 e. The lowest BCUT2D eigenvalue weighted by Crippen LogP contribution is -2.39. The van der Waals surface area contributed by atoms with Crippen LogP contribution in [0.3, 0.4) is 0 Å². The molecule has 4 nitrogen and oxygen atoms in total. The predicted octanol–water partition coefficient (Wildman–Crippen LogP) is 2.03. The first-order chi connectivity index (χ1) is 8.54. The molecule has 96 valence electrons. The number of nitrogens with two attached hydrogens (primary N) is 1. The number of anilines is 1. The van der Waals surface area contributed by atoms with E-state index >= 15 is 0 Å². The quantitative estimate of drug-likeness (QED) is 0.875. The van der Waals surface area contributed by atoms with E-state index in [0.717, 1.165) is 24.8 Å². The summed E-state index contributed by atoms with van der Waals surface area (Å²) in [6, 6.07) is 1.67. The highest BCUT2D eigenvalue weighted by Gasteiger charge is 2.25. The molecule has 18 heavy (non-hydrogen) atoms. The fourth-order valence-electron chi connectivity index (χ4n) is 2.11. The molecule has 0 saturated carbocycles. The number of rotatable bonds is 3. The van der Waals surface area contributed by atoms with E-state index in [2.05, 4.69) is 11.4 Å². The van der Waals surface area contributed by atoms with E-state index in [0.29, 0.717) is 10.6 Å². The van der Waals surface area contributed by atoms with Crippen molar-refractivity contribution in [3.05, 3.63) is 16.0 Å². The van der Waals surface area contributed by atoms with Crippen molar-refractivity contribution in [3.8, 4) is 6.07 Å². The molecule has 1 aromatic rings. The lowest BCUT2D eigenvalue weighted by atomic mass is 10.1. The van der Waals surface area contributed by atoms with Gasteiger partial charge in [-0.15, -0.1) is 11.3 Å². The number of hydrogen-bond donors (Lipinski definition) is 2. The van der Waals surface area contributed by atoms with Crippen molar-refractivity contribution in [2.45, 2.75) is 39.2 Å². The fraction of sp³-hybridized carbons (Fsp3) is 0.538. The standard InChI is InChI=1S/C13H17N3OS/c1-7(2)11(15)12(17)16-13-9(6-14)8-4-3-5-10(8)18-13/h7,11H,3-5,15H2,1-2H3,(H,16,17). The van der Waals surface area contributed by atoms with Gasteiger partial charge in [-0.1, -0.05) is 13.8 Å². The summed E-state index contributed by atoms with van der Waals surface area (Å²) in [6.07, 6.45) is 3.07. The summed E-state index contributed by atoms with van der Waals surface area (Å²) in [5, 5.41) is 12.7. The van der Waals surface area contributed by atoms with Gasteiger partial charge in [0.2, 0.25) is 5.91 Å². The van der Waals surface area contributed by atoms with Gasteiger partial charge < -0.3 is 11.1 Å². The number of amides is 1. The van der Waals surface area contributed by atoms with Gasteiger partial charge in [0.15, 0.2) is 0 Å². The summed E-state index contributed by atoms with van der Waals surface area (Å²) < 4.78 is 0. The van der Waals surface area contributed by atoms with Crippen LogP contribution in [0.1, 0.15) is 36.3 Å². The highest BCUT2D eigenvalue weighted by Crippen LogP contribution is 2.38. The second kappa shape index (κ2) is 5.09. The Morgan fingerprint density at radius 1 is 1.50 bits per heavy atom. The molecule has 1 aromatic heterocycles. The first-order valence-corrected chi connectivity index (χ1v) is 6.97. The van der Waals surface area contributed by atoms with Gasteiger partial charge >= 0.3 is 0 Å². The number of fused-ring (bicyclic) bond motifs is 1. The zero-order valence-corrected chi connectivity index (χ0v) is 11.4. The molecule has 1 atom stereocenters. The van der Waals surface area contributed by atoms with E-state index in [1.165, 1.54) is 16.2 Å². The third-order valence-corrected chi connectivity index (χ3v) is 4.50. The summed E-state index contributed by atoms with van der Waals surface area (Å²) in [5.41, 5.74) is 7.56. The van der Waals surface area contributed by atoms with Gasteiger partial charge in [-0.25, -0.2) is 0 Å². The topological polar surface area (TPSA) is 78.9 Å². The highest BCUT2D eigenvalue weighted by molar-refractivity contribution is 7.16. The van der Waals surface area contributed by atoms with Crippen LogP contribution in [0.4, 0.5) is 5.00 Å². The first-order valence-electron chi connectivity index (χ1n) is 6.15. The maximum Gasteiger partial charge on any atom is 0.242 e. The van der Waals surface area contributed by atoms with Crippen molar-refractivity contribution >= 4 is 22.2 Å². The number of carbonyl (C=O) groups excluding carboxylic acids is 1. The zero-order valence-electron chi connectivity index (χ0n) is 10.6.